The molecule has 25 heavy (non-hydrogen) atoms. The first-order valence-electron chi connectivity index (χ1n) is 7.77. The zero-order valence-electron chi connectivity index (χ0n) is 13.9. The lowest BCUT2D eigenvalue weighted by molar-refractivity contribution is -0.140. The number of hydrogen-bond acceptors (Lipinski definition) is 2. The summed E-state index contributed by atoms with van der Waals surface area (Å²) in [5.41, 5.74) is 1.93. The Kier molecular flexibility index (Phi) is 4.49. The lowest BCUT2D eigenvalue weighted by Gasteiger charge is -2.12. The van der Waals surface area contributed by atoms with Gasteiger partial charge in [0.2, 0.25) is 0 Å². The van der Waals surface area contributed by atoms with Crippen LogP contribution in [-0.2, 0) is 6.18 Å². The fraction of sp³-hybridized carbons (Fsp3) is 0.150. The molecule has 0 saturated carbocycles. The molecule has 0 atom stereocenters. The van der Waals surface area contributed by atoms with Gasteiger partial charge < -0.3 is 4.90 Å². The van der Waals surface area contributed by atoms with E-state index in [0.717, 1.165) is 17.3 Å². The minimum Gasteiger partial charge on any atom is -0.378 e. The van der Waals surface area contributed by atoms with Crippen LogP contribution in [0.5, 0.6) is 0 Å². The average molecular weight is 342 g/mol. The SMILES string of the molecule is CN(C)c1ccc(C=Cc2cc(C(F)(F)F)nc3ccccc23)cc1. The van der Waals surface area contributed by atoms with Crippen LogP contribution in [0.2, 0.25) is 0 Å². The van der Waals surface area contributed by atoms with E-state index in [1.807, 2.05) is 43.3 Å². The molecule has 3 aromatic rings. The van der Waals surface area contributed by atoms with Gasteiger partial charge in [-0.1, -0.05) is 42.5 Å². The zero-order valence-corrected chi connectivity index (χ0v) is 13.9. The van der Waals surface area contributed by atoms with Crippen molar-refractivity contribution in [2.75, 3.05) is 19.0 Å². The van der Waals surface area contributed by atoms with Crippen LogP contribution < -0.4 is 4.90 Å². The van der Waals surface area contributed by atoms with Crippen LogP contribution in [0.4, 0.5) is 18.9 Å². The lowest BCUT2D eigenvalue weighted by atomic mass is 10.1. The molecule has 0 aliphatic rings. The van der Waals surface area contributed by atoms with Crippen LogP contribution in [0, 0.1) is 0 Å². The highest BCUT2D eigenvalue weighted by Gasteiger charge is 2.33. The van der Waals surface area contributed by atoms with Gasteiger partial charge in [-0.25, -0.2) is 4.98 Å². The second kappa shape index (κ2) is 6.59. The molecule has 0 spiro atoms. The number of rotatable bonds is 3. The highest BCUT2D eigenvalue weighted by Crippen LogP contribution is 2.31. The Labute approximate surface area is 144 Å². The molecule has 0 bridgehead atoms. The van der Waals surface area contributed by atoms with Gasteiger partial charge in [-0.2, -0.15) is 13.2 Å². The summed E-state index contributed by atoms with van der Waals surface area (Å²) in [5.74, 6) is 0. The smallest absolute Gasteiger partial charge is 0.378 e. The van der Waals surface area contributed by atoms with Crippen molar-refractivity contribution in [3.63, 3.8) is 0 Å². The number of fused-ring (bicyclic) bond motifs is 1. The van der Waals surface area contributed by atoms with E-state index in [-0.39, 0.29) is 0 Å². The molecule has 0 fully saturated rings. The molecule has 3 rings (SSSR count). The first-order chi connectivity index (χ1) is 11.8. The molecule has 2 aromatic carbocycles. The molecule has 0 radical (unpaired) electrons. The highest BCUT2D eigenvalue weighted by atomic mass is 19.4. The van der Waals surface area contributed by atoms with Gasteiger partial charge in [0.15, 0.2) is 0 Å². The van der Waals surface area contributed by atoms with Crippen molar-refractivity contribution >= 4 is 28.7 Å². The number of para-hydroxylation sites is 1. The number of anilines is 1. The van der Waals surface area contributed by atoms with Crippen LogP contribution in [0.3, 0.4) is 0 Å². The Morgan fingerprint density at radius 1 is 0.920 bits per heavy atom. The number of pyridine rings is 1. The van der Waals surface area contributed by atoms with Crippen molar-refractivity contribution in [2.45, 2.75) is 6.18 Å². The van der Waals surface area contributed by atoms with E-state index >= 15 is 0 Å². The van der Waals surface area contributed by atoms with E-state index in [1.54, 1.807) is 36.4 Å². The monoisotopic (exact) mass is 342 g/mol. The predicted octanol–water partition coefficient (Wildman–Crippen LogP) is 5.49. The molecule has 1 heterocycles. The molecule has 128 valence electrons. The summed E-state index contributed by atoms with van der Waals surface area (Å²) < 4.78 is 39.3. The van der Waals surface area contributed by atoms with E-state index in [4.69, 9.17) is 0 Å². The molecule has 0 unspecified atom stereocenters. The summed E-state index contributed by atoms with van der Waals surface area (Å²) in [7, 11) is 3.90. The maximum atomic E-state index is 13.1. The number of hydrogen-bond donors (Lipinski definition) is 0. The summed E-state index contributed by atoms with van der Waals surface area (Å²) in [5, 5.41) is 0.691. The molecule has 0 aliphatic carbocycles. The van der Waals surface area contributed by atoms with Crippen LogP contribution in [-0.4, -0.2) is 19.1 Å². The van der Waals surface area contributed by atoms with Gasteiger partial charge in [0.25, 0.3) is 0 Å². The van der Waals surface area contributed by atoms with Crippen LogP contribution in [0.1, 0.15) is 16.8 Å². The summed E-state index contributed by atoms with van der Waals surface area (Å²) in [6, 6.07) is 15.7. The first-order valence-corrected chi connectivity index (χ1v) is 7.77. The minimum atomic E-state index is -4.47. The number of aromatic nitrogens is 1. The second-order valence-corrected chi connectivity index (χ2v) is 5.93. The molecule has 0 amide bonds. The standard InChI is InChI=1S/C20H17F3N2/c1-25(2)16-11-8-14(9-12-16)7-10-15-13-19(20(21,22)23)24-18-6-4-3-5-17(15)18/h3-13H,1-2H3. The third-order valence-electron chi connectivity index (χ3n) is 3.90. The summed E-state index contributed by atoms with van der Waals surface area (Å²) in [6.07, 6.45) is -0.967. The topological polar surface area (TPSA) is 16.1 Å². The number of halogens is 3. The molecule has 0 saturated heterocycles. The van der Waals surface area contributed by atoms with E-state index in [0.29, 0.717) is 16.5 Å². The van der Waals surface area contributed by atoms with Crippen molar-refractivity contribution in [2.24, 2.45) is 0 Å². The van der Waals surface area contributed by atoms with Crippen molar-refractivity contribution in [3.05, 3.63) is 71.4 Å². The summed E-state index contributed by atoms with van der Waals surface area (Å²) in [6.45, 7) is 0. The fourth-order valence-corrected chi connectivity index (χ4v) is 2.56. The fourth-order valence-electron chi connectivity index (χ4n) is 2.56. The maximum Gasteiger partial charge on any atom is 0.433 e. The summed E-state index contributed by atoms with van der Waals surface area (Å²) >= 11 is 0. The van der Waals surface area contributed by atoms with E-state index in [1.165, 1.54) is 0 Å². The zero-order chi connectivity index (χ0) is 18.0. The maximum absolute atomic E-state index is 13.1. The van der Waals surface area contributed by atoms with Crippen LogP contribution in [0.15, 0.2) is 54.6 Å². The molecule has 0 aliphatic heterocycles. The lowest BCUT2D eigenvalue weighted by Crippen LogP contribution is -2.08. The third kappa shape index (κ3) is 3.82. The number of nitrogens with zero attached hydrogens (tertiary/aromatic N) is 2. The highest BCUT2D eigenvalue weighted by molar-refractivity contribution is 5.90. The minimum absolute atomic E-state index is 0.333. The summed E-state index contributed by atoms with van der Waals surface area (Å²) in [4.78, 5) is 5.71. The number of benzene rings is 2. The van der Waals surface area contributed by atoms with Gasteiger partial charge in [0.1, 0.15) is 5.69 Å². The van der Waals surface area contributed by atoms with Gasteiger partial charge in [-0.15, -0.1) is 0 Å². The Bertz CT molecular complexity index is 910. The van der Waals surface area contributed by atoms with Crippen LogP contribution >= 0.6 is 0 Å². The first kappa shape index (κ1) is 17.0. The Balaban J connectivity index is 2.02. The van der Waals surface area contributed by atoms with Crippen LogP contribution in [0.25, 0.3) is 23.1 Å². The quantitative estimate of drug-likeness (QED) is 0.626. The van der Waals surface area contributed by atoms with Crippen molar-refractivity contribution < 1.29 is 13.2 Å². The second-order valence-electron chi connectivity index (χ2n) is 5.93. The Morgan fingerprint density at radius 2 is 1.60 bits per heavy atom. The molecular weight excluding hydrogens is 325 g/mol. The molecule has 2 nitrogen and oxygen atoms in total. The molecular formula is C20H17F3N2. The molecule has 0 N–H and O–H groups in total. The van der Waals surface area contributed by atoms with Gasteiger partial charge in [-0.3, -0.25) is 0 Å². The van der Waals surface area contributed by atoms with Gasteiger partial charge in [0.05, 0.1) is 5.52 Å². The number of alkyl halides is 3. The Hall–Kier alpha value is -2.82. The van der Waals surface area contributed by atoms with Gasteiger partial charge in [-0.05, 0) is 35.4 Å². The van der Waals surface area contributed by atoms with Crippen molar-refractivity contribution in [3.8, 4) is 0 Å². The average Bonchev–Trinajstić information content (AvgIpc) is 2.59. The largest absolute Gasteiger partial charge is 0.433 e. The van der Waals surface area contributed by atoms with Crippen molar-refractivity contribution in [1.82, 2.24) is 4.98 Å². The van der Waals surface area contributed by atoms with E-state index in [2.05, 4.69) is 4.98 Å². The molecule has 5 heteroatoms. The Morgan fingerprint density at radius 3 is 2.24 bits per heavy atom. The van der Waals surface area contributed by atoms with E-state index in [9.17, 15) is 13.2 Å². The third-order valence-corrected chi connectivity index (χ3v) is 3.90. The van der Waals surface area contributed by atoms with Gasteiger partial charge >= 0.3 is 6.18 Å². The van der Waals surface area contributed by atoms with Crippen molar-refractivity contribution in [1.29, 1.82) is 0 Å². The van der Waals surface area contributed by atoms with Gasteiger partial charge in [0, 0.05) is 25.2 Å². The predicted molar refractivity (Wildman–Crippen MR) is 96.4 cm³/mol. The molecule has 1 aromatic heterocycles. The van der Waals surface area contributed by atoms with E-state index < -0.39 is 11.9 Å². The normalized spacial score (nSPS) is 12.0.